The zero-order valence-electron chi connectivity index (χ0n) is 21.8. The molecular formula is C27H27F3N6O4. The molecule has 1 unspecified atom stereocenters. The van der Waals surface area contributed by atoms with Gasteiger partial charge in [-0.25, -0.2) is 14.4 Å². The van der Waals surface area contributed by atoms with E-state index in [0.717, 1.165) is 0 Å². The van der Waals surface area contributed by atoms with E-state index in [1.54, 1.807) is 23.1 Å². The number of aromatic nitrogens is 4. The van der Waals surface area contributed by atoms with E-state index in [0.29, 0.717) is 36.7 Å². The van der Waals surface area contributed by atoms with Crippen molar-refractivity contribution in [1.82, 2.24) is 24.2 Å². The number of aliphatic hydroxyl groups excluding tert-OH is 1. The first-order valence-electron chi connectivity index (χ1n) is 12.6. The zero-order chi connectivity index (χ0) is 28.6. The fourth-order valence-corrected chi connectivity index (χ4v) is 5.03. The van der Waals surface area contributed by atoms with Gasteiger partial charge in [0, 0.05) is 61.8 Å². The molecule has 40 heavy (non-hydrogen) atoms. The third-order valence-corrected chi connectivity index (χ3v) is 7.09. The van der Waals surface area contributed by atoms with Gasteiger partial charge in [-0.15, -0.1) is 0 Å². The van der Waals surface area contributed by atoms with E-state index in [9.17, 15) is 18.4 Å². The number of aliphatic hydroxyl groups is 1. The number of amides is 1. The minimum absolute atomic E-state index is 0.0132. The first-order chi connectivity index (χ1) is 19.2. The van der Waals surface area contributed by atoms with Crippen molar-refractivity contribution in [3.63, 3.8) is 0 Å². The molecule has 1 aliphatic rings. The highest BCUT2D eigenvalue weighted by molar-refractivity contribution is 5.85. The number of para-hydroxylation sites is 1. The van der Waals surface area contributed by atoms with Crippen molar-refractivity contribution >= 4 is 22.8 Å². The maximum atomic E-state index is 16.0. The predicted molar refractivity (Wildman–Crippen MR) is 141 cm³/mol. The fraction of sp³-hybridized carbons (Fsp3) is 0.333. The maximum Gasteiger partial charge on any atom is 0.387 e. The van der Waals surface area contributed by atoms with Crippen LogP contribution in [-0.4, -0.2) is 74.1 Å². The molecule has 0 saturated carbocycles. The van der Waals surface area contributed by atoms with Gasteiger partial charge >= 0.3 is 6.61 Å². The Labute approximate surface area is 226 Å². The number of hydrogen-bond donors (Lipinski definition) is 1. The Kier molecular flexibility index (Phi) is 7.48. The molecule has 4 aromatic rings. The minimum Gasteiger partial charge on any atom is -0.434 e. The largest absolute Gasteiger partial charge is 0.434 e. The first kappa shape index (κ1) is 27.2. The van der Waals surface area contributed by atoms with Gasteiger partial charge in [-0.2, -0.15) is 8.78 Å². The number of hydrogen-bond acceptors (Lipinski definition) is 7. The van der Waals surface area contributed by atoms with Gasteiger partial charge in [0.2, 0.25) is 11.9 Å². The standard InChI is InChI=1S/C27H27F3N6O4/c1-16-13-34(22(38)15-37)9-10-35(16)27-31-11-18(12-32-27)19-7-8-20-24(23(19)28)36(33(2)25(20)39)14-17-5-3-4-6-21(17)40-26(29)30/h3-8,11-12,16,26,37H,9-10,13-15H2,1-2H3. The van der Waals surface area contributed by atoms with Crippen LogP contribution in [0.15, 0.2) is 53.6 Å². The van der Waals surface area contributed by atoms with Crippen LogP contribution in [0.4, 0.5) is 19.1 Å². The number of carbonyl (C=O) groups is 1. The summed E-state index contributed by atoms with van der Waals surface area (Å²) >= 11 is 0. The smallest absolute Gasteiger partial charge is 0.387 e. The quantitative estimate of drug-likeness (QED) is 0.373. The Bertz CT molecular complexity index is 1600. The lowest BCUT2D eigenvalue weighted by Gasteiger charge is -2.39. The molecular weight excluding hydrogens is 529 g/mol. The van der Waals surface area contributed by atoms with Gasteiger partial charge in [0.05, 0.1) is 11.9 Å². The molecule has 0 aliphatic carbocycles. The molecule has 5 rings (SSSR count). The van der Waals surface area contributed by atoms with Gasteiger partial charge in [-0.05, 0) is 19.1 Å². The summed E-state index contributed by atoms with van der Waals surface area (Å²) in [5.74, 6) is -0.661. The van der Waals surface area contributed by atoms with Gasteiger partial charge in [0.25, 0.3) is 5.56 Å². The number of anilines is 1. The Morgan fingerprint density at radius 3 is 2.55 bits per heavy atom. The van der Waals surface area contributed by atoms with Gasteiger partial charge in [-0.3, -0.25) is 19.0 Å². The second kappa shape index (κ2) is 11.0. The van der Waals surface area contributed by atoms with Crippen LogP contribution in [0.2, 0.25) is 0 Å². The van der Waals surface area contributed by atoms with Crippen LogP contribution in [-0.2, 0) is 18.4 Å². The SMILES string of the molecule is CC1CN(C(=O)CO)CCN1c1ncc(-c2ccc3c(=O)n(C)n(Cc4ccccc4OC(F)F)c3c2F)cn1. The molecule has 1 N–H and O–H groups in total. The second-order valence-electron chi connectivity index (χ2n) is 9.51. The summed E-state index contributed by atoms with van der Waals surface area (Å²) in [4.78, 5) is 37.1. The third kappa shape index (κ3) is 4.99. The van der Waals surface area contributed by atoms with Crippen molar-refractivity contribution in [2.24, 2.45) is 7.05 Å². The summed E-state index contributed by atoms with van der Waals surface area (Å²) in [6, 6.07) is 9.05. The van der Waals surface area contributed by atoms with Crippen LogP contribution < -0.4 is 15.2 Å². The summed E-state index contributed by atoms with van der Waals surface area (Å²) in [5, 5.41) is 9.26. The second-order valence-corrected chi connectivity index (χ2v) is 9.51. The van der Waals surface area contributed by atoms with E-state index in [2.05, 4.69) is 14.7 Å². The number of ether oxygens (including phenoxy) is 1. The lowest BCUT2D eigenvalue weighted by molar-refractivity contribution is -0.134. The van der Waals surface area contributed by atoms with Crippen LogP contribution in [0.25, 0.3) is 22.0 Å². The summed E-state index contributed by atoms with van der Waals surface area (Å²) in [6.07, 6.45) is 2.98. The van der Waals surface area contributed by atoms with Gasteiger partial charge in [0.15, 0.2) is 5.82 Å². The highest BCUT2D eigenvalue weighted by Crippen LogP contribution is 2.30. The number of rotatable bonds is 7. The lowest BCUT2D eigenvalue weighted by Crippen LogP contribution is -2.54. The molecule has 2 aromatic carbocycles. The van der Waals surface area contributed by atoms with Crippen molar-refractivity contribution < 1.29 is 27.8 Å². The summed E-state index contributed by atoms with van der Waals surface area (Å²) in [5.41, 5.74) is 0.477. The van der Waals surface area contributed by atoms with Gasteiger partial charge < -0.3 is 19.6 Å². The summed E-state index contributed by atoms with van der Waals surface area (Å²) in [6.45, 7) is -0.451. The summed E-state index contributed by atoms with van der Waals surface area (Å²) < 4.78 is 49.1. The number of benzene rings is 2. The fourth-order valence-electron chi connectivity index (χ4n) is 5.03. The van der Waals surface area contributed by atoms with Crippen molar-refractivity contribution in [3.8, 4) is 16.9 Å². The van der Waals surface area contributed by atoms with Crippen LogP contribution in [0, 0.1) is 5.82 Å². The molecule has 1 atom stereocenters. The first-order valence-corrected chi connectivity index (χ1v) is 12.6. The van der Waals surface area contributed by atoms with Gasteiger partial charge in [-0.1, -0.05) is 24.3 Å². The van der Waals surface area contributed by atoms with E-state index in [-0.39, 0.29) is 40.7 Å². The maximum absolute atomic E-state index is 16.0. The number of piperazine rings is 1. The molecule has 10 nitrogen and oxygen atoms in total. The van der Waals surface area contributed by atoms with Crippen molar-refractivity contribution in [2.75, 3.05) is 31.1 Å². The monoisotopic (exact) mass is 556 g/mol. The van der Waals surface area contributed by atoms with Crippen LogP contribution in [0.5, 0.6) is 5.75 Å². The van der Waals surface area contributed by atoms with E-state index in [1.165, 1.54) is 47.0 Å². The Balaban J connectivity index is 1.47. The molecule has 0 spiro atoms. The van der Waals surface area contributed by atoms with E-state index in [1.807, 2.05) is 11.8 Å². The molecule has 210 valence electrons. The van der Waals surface area contributed by atoms with E-state index < -0.39 is 24.6 Å². The number of carbonyl (C=O) groups excluding carboxylic acids is 1. The molecule has 1 aliphatic heterocycles. The zero-order valence-corrected chi connectivity index (χ0v) is 21.8. The molecule has 2 aromatic heterocycles. The van der Waals surface area contributed by atoms with Crippen molar-refractivity contribution in [1.29, 1.82) is 0 Å². The Hall–Kier alpha value is -4.39. The minimum atomic E-state index is -3.03. The average molecular weight is 557 g/mol. The summed E-state index contributed by atoms with van der Waals surface area (Å²) in [7, 11) is 1.48. The van der Waals surface area contributed by atoms with Gasteiger partial charge in [0.1, 0.15) is 17.9 Å². The van der Waals surface area contributed by atoms with Crippen LogP contribution >= 0.6 is 0 Å². The van der Waals surface area contributed by atoms with E-state index in [4.69, 9.17) is 5.11 Å². The molecule has 1 amide bonds. The molecule has 13 heteroatoms. The normalized spacial score (nSPS) is 15.7. The lowest BCUT2D eigenvalue weighted by atomic mass is 10.1. The van der Waals surface area contributed by atoms with Crippen LogP contribution in [0.1, 0.15) is 12.5 Å². The topological polar surface area (TPSA) is 106 Å². The number of halogens is 3. The van der Waals surface area contributed by atoms with E-state index >= 15 is 4.39 Å². The molecule has 1 fully saturated rings. The van der Waals surface area contributed by atoms with Crippen molar-refractivity contribution in [3.05, 3.63) is 70.5 Å². The number of alkyl halides is 2. The molecule has 1 saturated heterocycles. The third-order valence-electron chi connectivity index (χ3n) is 7.09. The highest BCUT2D eigenvalue weighted by atomic mass is 19.3. The Morgan fingerprint density at radius 1 is 1.15 bits per heavy atom. The predicted octanol–water partition coefficient (Wildman–Crippen LogP) is 2.62. The average Bonchev–Trinajstić information content (AvgIpc) is 3.19. The molecule has 0 radical (unpaired) electrons. The molecule has 0 bridgehead atoms. The van der Waals surface area contributed by atoms with Crippen LogP contribution in [0.3, 0.4) is 0 Å². The highest BCUT2D eigenvalue weighted by Gasteiger charge is 2.28. The molecule has 3 heterocycles. The number of nitrogens with zero attached hydrogens (tertiary/aromatic N) is 6. The van der Waals surface area contributed by atoms with Crippen molar-refractivity contribution in [2.45, 2.75) is 26.1 Å². The number of fused-ring (bicyclic) bond motifs is 1. The Morgan fingerprint density at radius 2 is 1.88 bits per heavy atom.